The number of benzene rings is 1. The van der Waals surface area contributed by atoms with Crippen molar-refractivity contribution in [1.82, 2.24) is 15.5 Å². The summed E-state index contributed by atoms with van der Waals surface area (Å²) in [6.07, 6.45) is 6.57. The van der Waals surface area contributed by atoms with Gasteiger partial charge in [-0.3, -0.25) is 14.4 Å². The van der Waals surface area contributed by atoms with E-state index in [1.807, 2.05) is 30.3 Å². The maximum absolute atomic E-state index is 13.7. The van der Waals surface area contributed by atoms with Crippen molar-refractivity contribution in [1.29, 1.82) is 0 Å². The Hall–Kier alpha value is -2.45. The Balaban J connectivity index is 1.37. The Morgan fingerprint density at radius 1 is 1.09 bits per heavy atom. The van der Waals surface area contributed by atoms with Crippen LogP contribution in [-0.4, -0.2) is 64.7 Å². The number of ether oxygens (including phenoxy) is 1. The Morgan fingerprint density at radius 2 is 1.85 bits per heavy atom. The molecule has 34 heavy (non-hydrogen) atoms. The van der Waals surface area contributed by atoms with E-state index in [1.165, 1.54) is 6.42 Å². The van der Waals surface area contributed by atoms with E-state index in [4.69, 9.17) is 4.74 Å². The third-order valence-corrected chi connectivity index (χ3v) is 8.17. The Labute approximate surface area is 200 Å². The third-order valence-electron chi connectivity index (χ3n) is 8.17. The Bertz CT molecular complexity index is 918. The topological polar surface area (TPSA) is 108 Å². The van der Waals surface area contributed by atoms with E-state index in [1.54, 1.807) is 4.90 Å². The average Bonchev–Trinajstić information content (AvgIpc) is 3.50. The molecule has 1 spiro atoms. The zero-order chi connectivity index (χ0) is 23.7. The fraction of sp³-hybridized carbons (Fsp3) is 0.654. The maximum Gasteiger partial charge on any atom is 0.246 e. The fourth-order valence-corrected chi connectivity index (χ4v) is 6.67. The zero-order valence-corrected chi connectivity index (χ0v) is 19.6. The summed E-state index contributed by atoms with van der Waals surface area (Å²) in [5, 5.41) is 15.6. The molecule has 184 valence electrons. The van der Waals surface area contributed by atoms with Crippen LogP contribution in [0.15, 0.2) is 30.3 Å². The van der Waals surface area contributed by atoms with Crippen molar-refractivity contribution < 1.29 is 24.2 Å². The molecule has 5 rings (SSSR count). The largest absolute Gasteiger partial charge is 0.396 e. The third kappa shape index (κ3) is 4.01. The molecule has 3 heterocycles. The highest BCUT2D eigenvalue weighted by atomic mass is 16.5. The lowest BCUT2D eigenvalue weighted by molar-refractivity contribution is -0.142. The summed E-state index contributed by atoms with van der Waals surface area (Å²) in [5.74, 6) is -1.83. The highest BCUT2D eigenvalue weighted by Gasteiger charge is 2.74. The summed E-state index contributed by atoms with van der Waals surface area (Å²) >= 11 is 0. The molecule has 0 radical (unpaired) electrons. The second kappa shape index (κ2) is 9.66. The number of rotatable bonds is 8. The standard InChI is InChI=1S/C26H35N3O5/c30-15-7-14-29-22(24(32)28-18-10-5-2-6-11-18)26-13-12-19(34-26)20(21(26)25(29)33)23(31)27-16-17-8-3-1-4-9-17/h1,3-4,8-9,18-22,30H,2,5-7,10-16H2,(H,27,31)(H,28,32)/t19-,20+,21+,22?,26?/m1/s1. The molecule has 2 bridgehead atoms. The van der Waals surface area contributed by atoms with Crippen LogP contribution in [0.1, 0.15) is 56.9 Å². The molecule has 2 unspecified atom stereocenters. The Morgan fingerprint density at radius 3 is 2.59 bits per heavy atom. The molecule has 3 saturated heterocycles. The molecule has 4 aliphatic rings. The van der Waals surface area contributed by atoms with Gasteiger partial charge in [0.2, 0.25) is 17.7 Å². The lowest BCUT2D eigenvalue weighted by Crippen LogP contribution is -2.57. The summed E-state index contributed by atoms with van der Waals surface area (Å²) in [5.41, 5.74) is 0.0201. The van der Waals surface area contributed by atoms with Gasteiger partial charge in [0, 0.05) is 25.7 Å². The van der Waals surface area contributed by atoms with Crippen molar-refractivity contribution in [3.05, 3.63) is 35.9 Å². The predicted octanol–water partition coefficient (Wildman–Crippen LogP) is 1.51. The van der Waals surface area contributed by atoms with Crippen LogP contribution in [0, 0.1) is 11.8 Å². The van der Waals surface area contributed by atoms with Crippen molar-refractivity contribution in [3.63, 3.8) is 0 Å². The van der Waals surface area contributed by atoms with Crippen LogP contribution in [0.25, 0.3) is 0 Å². The monoisotopic (exact) mass is 469 g/mol. The molecule has 3 aliphatic heterocycles. The molecule has 1 aliphatic carbocycles. The predicted molar refractivity (Wildman–Crippen MR) is 124 cm³/mol. The number of amides is 3. The van der Waals surface area contributed by atoms with Crippen molar-refractivity contribution in [2.45, 2.75) is 81.7 Å². The number of carbonyl (C=O) groups is 3. The summed E-state index contributed by atoms with van der Waals surface area (Å²) in [6, 6.07) is 9.03. The number of hydrogen-bond acceptors (Lipinski definition) is 5. The minimum Gasteiger partial charge on any atom is -0.396 e. The van der Waals surface area contributed by atoms with Crippen molar-refractivity contribution in [2.24, 2.45) is 11.8 Å². The number of aliphatic hydroxyl groups is 1. The van der Waals surface area contributed by atoms with Gasteiger partial charge in [-0.05, 0) is 37.7 Å². The van der Waals surface area contributed by atoms with Crippen molar-refractivity contribution in [2.75, 3.05) is 13.2 Å². The molecule has 1 aromatic rings. The molecule has 5 atom stereocenters. The summed E-state index contributed by atoms with van der Waals surface area (Å²) in [4.78, 5) is 42.2. The fourth-order valence-electron chi connectivity index (χ4n) is 6.67. The maximum atomic E-state index is 13.7. The molecule has 0 aromatic heterocycles. The van der Waals surface area contributed by atoms with Gasteiger partial charge < -0.3 is 25.4 Å². The first-order valence-corrected chi connectivity index (χ1v) is 12.8. The van der Waals surface area contributed by atoms with E-state index in [0.717, 1.165) is 31.2 Å². The average molecular weight is 470 g/mol. The van der Waals surface area contributed by atoms with Gasteiger partial charge in [0.15, 0.2) is 0 Å². The second-order valence-electron chi connectivity index (χ2n) is 10.2. The van der Waals surface area contributed by atoms with Gasteiger partial charge in [-0.2, -0.15) is 0 Å². The summed E-state index contributed by atoms with van der Waals surface area (Å²) < 4.78 is 6.43. The van der Waals surface area contributed by atoms with Crippen molar-refractivity contribution >= 4 is 17.7 Å². The molecule has 1 aromatic carbocycles. The number of nitrogens with one attached hydrogen (secondary N) is 2. The first kappa shape index (κ1) is 23.3. The van der Waals surface area contributed by atoms with Crippen LogP contribution < -0.4 is 10.6 Å². The van der Waals surface area contributed by atoms with Gasteiger partial charge in [-0.15, -0.1) is 0 Å². The van der Waals surface area contributed by atoms with Crippen LogP contribution in [0.3, 0.4) is 0 Å². The summed E-state index contributed by atoms with van der Waals surface area (Å²) in [7, 11) is 0. The quantitative estimate of drug-likeness (QED) is 0.535. The van der Waals surface area contributed by atoms with Gasteiger partial charge in [-0.25, -0.2) is 0 Å². The molecule has 3 amide bonds. The first-order valence-electron chi connectivity index (χ1n) is 12.8. The normalized spacial score (nSPS) is 32.6. The lowest BCUT2D eigenvalue weighted by Gasteiger charge is -2.35. The van der Waals surface area contributed by atoms with E-state index in [2.05, 4.69) is 10.6 Å². The number of hydrogen-bond donors (Lipinski definition) is 3. The van der Waals surface area contributed by atoms with E-state index in [-0.39, 0.29) is 43.0 Å². The minimum absolute atomic E-state index is 0.0666. The Kier molecular flexibility index (Phi) is 6.62. The van der Waals surface area contributed by atoms with Crippen LogP contribution in [0.2, 0.25) is 0 Å². The number of carbonyl (C=O) groups excluding carboxylic acids is 3. The highest BCUT2D eigenvalue weighted by Crippen LogP contribution is 2.58. The number of aliphatic hydroxyl groups excluding tert-OH is 1. The molecular weight excluding hydrogens is 434 g/mol. The van der Waals surface area contributed by atoms with Crippen molar-refractivity contribution in [3.8, 4) is 0 Å². The van der Waals surface area contributed by atoms with Gasteiger partial charge >= 0.3 is 0 Å². The van der Waals surface area contributed by atoms with Gasteiger partial charge in [-0.1, -0.05) is 49.6 Å². The minimum atomic E-state index is -0.968. The van der Waals surface area contributed by atoms with Gasteiger partial charge in [0.05, 0.1) is 17.9 Å². The van der Waals surface area contributed by atoms with Crippen LogP contribution in [0.4, 0.5) is 0 Å². The SMILES string of the molecule is O=C(NC1CCCCC1)C1N(CCCO)C(=O)[C@@H]2[C@@H](C(=O)NCc3ccccc3)[C@H]3CCC12O3. The van der Waals surface area contributed by atoms with Crippen LogP contribution in [-0.2, 0) is 25.7 Å². The molecule has 8 heteroatoms. The van der Waals surface area contributed by atoms with Gasteiger partial charge in [0.1, 0.15) is 11.6 Å². The molecule has 4 fully saturated rings. The lowest BCUT2D eigenvalue weighted by atomic mass is 9.70. The van der Waals surface area contributed by atoms with Crippen LogP contribution in [0.5, 0.6) is 0 Å². The first-order chi connectivity index (χ1) is 16.5. The van der Waals surface area contributed by atoms with E-state index >= 15 is 0 Å². The second-order valence-corrected chi connectivity index (χ2v) is 10.2. The molecule has 3 N–H and O–H groups in total. The van der Waals surface area contributed by atoms with Gasteiger partial charge in [0.25, 0.3) is 0 Å². The van der Waals surface area contributed by atoms with Crippen LogP contribution >= 0.6 is 0 Å². The molecular formula is C26H35N3O5. The van der Waals surface area contributed by atoms with E-state index in [0.29, 0.717) is 25.8 Å². The smallest absolute Gasteiger partial charge is 0.246 e. The molecule has 1 saturated carbocycles. The number of fused-ring (bicyclic) bond motifs is 1. The van der Waals surface area contributed by atoms with E-state index in [9.17, 15) is 19.5 Å². The number of likely N-dealkylation sites (tertiary alicyclic amines) is 1. The van der Waals surface area contributed by atoms with E-state index < -0.39 is 23.5 Å². The zero-order valence-electron chi connectivity index (χ0n) is 19.6. The highest BCUT2D eigenvalue weighted by molar-refractivity contribution is 5.99. The number of nitrogens with zero attached hydrogens (tertiary/aromatic N) is 1. The molecule has 8 nitrogen and oxygen atoms in total. The summed E-state index contributed by atoms with van der Waals surface area (Å²) in [6.45, 7) is 0.599.